The van der Waals surface area contributed by atoms with Crippen LogP contribution in [-0.4, -0.2) is 82.2 Å². The number of sulfonamides is 2. The van der Waals surface area contributed by atoms with E-state index in [0.717, 1.165) is 34.8 Å². The van der Waals surface area contributed by atoms with E-state index in [1.54, 1.807) is 6.92 Å². The zero-order chi connectivity index (χ0) is 26.8. The lowest BCUT2D eigenvalue weighted by Gasteiger charge is -2.38. The van der Waals surface area contributed by atoms with E-state index in [4.69, 9.17) is 4.74 Å². The molecule has 1 amide bonds. The fourth-order valence-corrected chi connectivity index (χ4v) is 5.19. The van der Waals surface area contributed by atoms with Gasteiger partial charge >= 0.3 is 0 Å². The van der Waals surface area contributed by atoms with Gasteiger partial charge in [0.05, 0.1) is 35.9 Å². The molecule has 0 fully saturated rings. The van der Waals surface area contributed by atoms with E-state index < -0.39 is 43.9 Å². The Hall–Kier alpha value is -2.74. The summed E-state index contributed by atoms with van der Waals surface area (Å²) in [5, 5.41) is 9.74. The van der Waals surface area contributed by atoms with Gasteiger partial charge in [0.25, 0.3) is 15.9 Å². The molecule has 36 heavy (non-hydrogen) atoms. The van der Waals surface area contributed by atoms with Crippen LogP contribution in [-0.2, 0) is 20.0 Å². The molecule has 0 spiro atoms. The second-order valence-corrected chi connectivity index (χ2v) is 12.7. The van der Waals surface area contributed by atoms with Crippen molar-refractivity contribution in [1.82, 2.24) is 9.21 Å². The van der Waals surface area contributed by atoms with Gasteiger partial charge < -0.3 is 14.7 Å². The molecule has 0 aromatic heterocycles. The van der Waals surface area contributed by atoms with Crippen LogP contribution in [0.4, 0.5) is 10.1 Å². The molecule has 1 aliphatic heterocycles. The Labute approximate surface area is 210 Å². The van der Waals surface area contributed by atoms with Gasteiger partial charge in [0, 0.05) is 25.2 Å². The minimum Gasteiger partial charge on any atom is -0.488 e. The summed E-state index contributed by atoms with van der Waals surface area (Å²) in [6.07, 6.45) is 0.448. The number of nitrogens with one attached hydrogen (secondary N) is 1. The van der Waals surface area contributed by atoms with E-state index in [1.165, 1.54) is 30.1 Å². The van der Waals surface area contributed by atoms with Crippen LogP contribution in [0.3, 0.4) is 0 Å². The summed E-state index contributed by atoms with van der Waals surface area (Å²) in [5.74, 6) is -1.20. The van der Waals surface area contributed by atoms with Gasteiger partial charge in [-0.3, -0.25) is 9.52 Å². The van der Waals surface area contributed by atoms with E-state index in [-0.39, 0.29) is 47.5 Å². The molecule has 3 rings (SSSR count). The molecule has 2 aromatic carbocycles. The second kappa shape index (κ2) is 10.7. The molecule has 0 saturated heterocycles. The van der Waals surface area contributed by atoms with Crippen molar-refractivity contribution in [3.05, 3.63) is 53.8 Å². The lowest BCUT2D eigenvalue weighted by atomic mass is 9.99. The highest BCUT2D eigenvalue weighted by molar-refractivity contribution is 7.92. The average Bonchev–Trinajstić information content (AvgIpc) is 2.80. The van der Waals surface area contributed by atoms with Crippen molar-refractivity contribution in [2.24, 2.45) is 5.92 Å². The van der Waals surface area contributed by atoms with Crippen LogP contribution in [0, 0.1) is 11.7 Å². The highest BCUT2D eigenvalue weighted by atomic mass is 32.2. The Balaban J connectivity index is 2.01. The number of hydrogen-bond acceptors (Lipinski definition) is 7. The molecule has 10 nitrogen and oxygen atoms in total. The molecule has 0 radical (unpaired) electrons. The summed E-state index contributed by atoms with van der Waals surface area (Å²) in [6, 6.07) is 7.90. The van der Waals surface area contributed by atoms with Crippen LogP contribution in [0.1, 0.15) is 24.2 Å². The number of benzene rings is 2. The van der Waals surface area contributed by atoms with Crippen molar-refractivity contribution in [2.45, 2.75) is 30.9 Å². The van der Waals surface area contributed by atoms with Crippen molar-refractivity contribution < 1.29 is 35.9 Å². The Morgan fingerprint density at radius 3 is 2.42 bits per heavy atom. The molecule has 0 aliphatic carbocycles. The Morgan fingerprint density at radius 1 is 1.19 bits per heavy atom. The summed E-state index contributed by atoms with van der Waals surface area (Å²) in [5.41, 5.74) is 0.124. The Bertz CT molecular complexity index is 1320. The maximum Gasteiger partial charge on any atom is 0.261 e. The van der Waals surface area contributed by atoms with Crippen molar-refractivity contribution in [2.75, 3.05) is 37.7 Å². The number of carbonyl (C=O) groups is 1. The number of likely N-dealkylation sites (N-methyl/N-ethyl adjacent to an activating group) is 1. The molecular weight excluding hydrogens is 513 g/mol. The fraction of sp³-hybridized carbons (Fsp3) is 0.435. The first-order valence-corrected chi connectivity index (χ1v) is 14.5. The van der Waals surface area contributed by atoms with Crippen LogP contribution >= 0.6 is 0 Å². The van der Waals surface area contributed by atoms with Gasteiger partial charge in [-0.2, -0.15) is 0 Å². The molecular formula is C23H30FN3O7S2. The monoisotopic (exact) mass is 543 g/mol. The number of halogens is 1. The third kappa shape index (κ3) is 6.33. The molecule has 0 bridgehead atoms. The standard InChI is InChI=1S/C23H30FN3O7S2/c1-15-12-27(16(2)14-28)23(29)20-11-18(25-36(32,33)19-8-5-17(24)6-9-19)7-10-21(20)34-22(15)13-26(3)35(4,30)31/h5-11,15-16,22,25,28H,12-14H2,1-4H3/t15-,16+,22-/m1/s1. The highest BCUT2D eigenvalue weighted by Crippen LogP contribution is 2.31. The van der Waals surface area contributed by atoms with E-state index in [1.807, 2.05) is 6.92 Å². The lowest BCUT2D eigenvalue weighted by molar-refractivity contribution is 0.0387. The fourth-order valence-electron chi connectivity index (χ4n) is 3.72. The number of aliphatic hydroxyl groups excluding tert-OH is 1. The van der Waals surface area contributed by atoms with Gasteiger partial charge in [-0.15, -0.1) is 0 Å². The Kier molecular flexibility index (Phi) is 8.28. The van der Waals surface area contributed by atoms with Crippen LogP contribution in [0.15, 0.2) is 47.4 Å². The number of nitrogens with zero attached hydrogens (tertiary/aromatic N) is 2. The Morgan fingerprint density at radius 2 is 1.83 bits per heavy atom. The summed E-state index contributed by atoms with van der Waals surface area (Å²) in [7, 11) is -6.14. The van der Waals surface area contributed by atoms with Crippen LogP contribution in [0.2, 0.25) is 0 Å². The van der Waals surface area contributed by atoms with Gasteiger partial charge in [0.15, 0.2) is 0 Å². The third-order valence-electron chi connectivity index (χ3n) is 6.04. The van der Waals surface area contributed by atoms with E-state index in [2.05, 4.69) is 4.72 Å². The normalized spacial score (nSPS) is 19.8. The van der Waals surface area contributed by atoms with Crippen molar-refractivity contribution in [3.63, 3.8) is 0 Å². The molecule has 198 valence electrons. The zero-order valence-electron chi connectivity index (χ0n) is 20.4. The number of rotatable bonds is 8. The summed E-state index contributed by atoms with van der Waals surface area (Å²) >= 11 is 0. The predicted molar refractivity (Wildman–Crippen MR) is 132 cm³/mol. The van der Waals surface area contributed by atoms with Gasteiger partial charge in [-0.1, -0.05) is 6.92 Å². The molecule has 0 unspecified atom stereocenters. The SMILES string of the molecule is C[C@@H]1CN([C@@H](C)CO)C(=O)c2cc(NS(=O)(=O)c3ccc(F)cc3)ccc2O[C@@H]1CN(C)S(C)(=O)=O. The minimum absolute atomic E-state index is 0.0217. The summed E-state index contributed by atoms with van der Waals surface area (Å²) in [6.45, 7) is 3.38. The quantitative estimate of drug-likeness (QED) is 0.518. The third-order valence-corrected chi connectivity index (χ3v) is 8.72. The van der Waals surface area contributed by atoms with Gasteiger partial charge in [-0.05, 0) is 49.4 Å². The zero-order valence-corrected chi connectivity index (χ0v) is 22.0. The molecule has 1 aliphatic rings. The smallest absolute Gasteiger partial charge is 0.261 e. The topological polar surface area (TPSA) is 133 Å². The molecule has 0 saturated carbocycles. The van der Waals surface area contributed by atoms with Crippen LogP contribution in [0.5, 0.6) is 5.75 Å². The van der Waals surface area contributed by atoms with Gasteiger partial charge in [0.1, 0.15) is 17.7 Å². The van der Waals surface area contributed by atoms with E-state index in [9.17, 15) is 31.1 Å². The molecule has 1 heterocycles. The van der Waals surface area contributed by atoms with E-state index >= 15 is 0 Å². The van der Waals surface area contributed by atoms with Crippen LogP contribution in [0.25, 0.3) is 0 Å². The number of amides is 1. The number of carbonyl (C=O) groups excluding carboxylic acids is 1. The number of hydrogen-bond donors (Lipinski definition) is 2. The molecule has 2 N–H and O–H groups in total. The van der Waals surface area contributed by atoms with Crippen molar-refractivity contribution >= 4 is 31.6 Å². The van der Waals surface area contributed by atoms with Gasteiger partial charge in [-0.25, -0.2) is 25.5 Å². The number of ether oxygens (including phenoxy) is 1. The first-order valence-electron chi connectivity index (χ1n) is 11.1. The largest absolute Gasteiger partial charge is 0.488 e. The second-order valence-electron chi connectivity index (χ2n) is 8.94. The van der Waals surface area contributed by atoms with Crippen molar-refractivity contribution in [1.29, 1.82) is 0 Å². The van der Waals surface area contributed by atoms with Gasteiger partial charge in [0.2, 0.25) is 10.0 Å². The highest BCUT2D eigenvalue weighted by Gasteiger charge is 2.34. The number of anilines is 1. The number of aliphatic hydroxyl groups is 1. The molecule has 3 atom stereocenters. The van der Waals surface area contributed by atoms with Crippen LogP contribution < -0.4 is 9.46 Å². The molecule has 2 aromatic rings. The first-order chi connectivity index (χ1) is 16.7. The maximum atomic E-state index is 13.5. The predicted octanol–water partition coefficient (Wildman–Crippen LogP) is 1.74. The minimum atomic E-state index is -4.07. The summed E-state index contributed by atoms with van der Waals surface area (Å²) in [4.78, 5) is 14.8. The van der Waals surface area contributed by atoms with E-state index in [0.29, 0.717) is 0 Å². The van der Waals surface area contributed by atoms with Crippen molar-refractivity contribution in [3.8, 4) is 5.75 Å². The first kappa shape index (κ1) is 27.8. The summed E-state index contributed by atoms with van der Waals surface area (Å²) < 4.78 is 72.3. The maximum absolute atomic E-state index is 13.5. The molecule has 13 heteroatoms. The number of fused-ring (bicyclic) bond motifs is 1. The lowest BCUT2D eigenvalue weighted by Crippen LogP contribution is -2.50. The average molecular weight is 544 g/mol.